The molecule has 0 saturated heterocycles. The number of carbonyl (C=O) groups is 1. The summed E-state index contributed by atoms with van der Waals surface area (Å²) in [6.07, 6.45) is 0. The van der Waals surface area contributed by atoms with Gasteiger partial charge in [0, 0.05) is 16.8 Å². The lowest BCUT2D eigenvalue weighted by atomic mass is 10.2. The first-order valence-electron chi connectivity index (χ1n) is 7.35. The maximum Gasteiger partial charge on any atom is 0.251 e. The van der Waals surface area contributed by atoms with Crippen LogP contribution in [0.15, 0.2) is 48.5 Å². The van der Waals surface area contributed by atoms with E-state index in [9.17, 15) is 4.79 Å². The number of nitrogens with one attached hydrogen (secondary N) is 2. The van der Waals surface area contributed by atoms with Crippen molar-refractivity contribution in [3.63, 3.8) is 0 Å². The van der Waals surface area contributed by atoms with Gasteiger partial charge in [-0.3, -0.25) is 9.89 Å². The average molecular weight is 323 g/mol. The molecule has 2 aromatic carbocycles. The Balaban J connectivity index is 1.65. The average Bonchev–Trinajstić information content (AvgIpc) is 3.09. The third-order valence-corrected chi connectivity index (χ3v) is 3.45. The lowest BCUT2D eigenvalue weighted by Crippen LogP contribution is -2.23. The molecule has 7 heteroatoms. The van der Waals surface area contributed by atoms with Crippen LogP contribution < -0.4 is 15.8 Å². The van der Waals surface area contributed by atoms with Crippen molar-refractivity contribution in [1.29, 1.82) is 0 Å². The normalized spacial score (nSPS) is 10.4. The van der Waals surface area contributed by atoms with Gasteiger partial charge in [0.15, 0.2) is 5.82 Å². The molecule has 0 radical (unpaired) electrons. The van der Waals surface area contributed by atoms with Gasteiger partial charge >= 0.3 is 0 Å². The Morgan fingerprint density at radius 1 is 1.25 bits per heavy atom. The summed E-state index contributed by atoms with van der Waals surface area (Å²) in [6, 6.07) is 14.2. The van der Waals surface area contributed by atoms with E-state index in [1.807, 2.05) is 24.3 Å². The predicted molar refractivity (Wildman–Crippen MR) is 90.4 cm³/mol. The maximum atomic E-state index is 12.1. The molecule has 0 saturated carbocycles. The number of rotatable bonds is 5. The SMILES string of the molecule is COc1cccc(-c2n[nH]c(CNC(=O)c3ccc(N)cc3)n2)c1. The highest BCUT2D eigenvalue weighted by atomic mass is 16.5. The number of H-pyrrole nitrogens is 1. The molecule has 7 nitrogen and oxygen atoms in total. The number of amides is 1. The Bertz CT molecular complexity index is 842. The van der Waals surface area contributed by atoms with Crippen LogP contribution in [0.1, 0.15) is 16.2 Å². The zero-order chi connectivity index (χ0) is 16.9. The molecular formula is C17H17N5O2. The van der Waals surface area contributed by atoms with Crippen LogP contribution in [0.2, 0.25) is 0 Å². The molecular weight excluding hydrogens is 306 g/mol. The van der Waals surface area contributed by atoms with E-state index in [1.165, 1.54) is 0 Å². The number of carbonyl (C=O) groups excluding carboxylic acids is 1. The topological polar surface area (TPSA) is 106 Å². The van der Waals surface area contributed by atoms with Crippen molar-refractivity contribution in [2.45, 2.75) is 6.54 Å². The Morgan fingerprint density at radius 3 is 2.79 bits per heavy atom. The molecule has 0 atom stereocenters. The van der Waals surface area contributed by atoms with Gasteiger partial charge in [-0.1, -0.05) is 12.1 Å². The summed E-state index contributed by atoms with van der Waals surface area (Å²) in [6.45, 7) is 0.250. The van der Waals surface area contributed by atoms with Crippen molar-refractivity contribution in [3.05, 3.63) is 59.9 Å². The van der Waals surface area contributed by atoms with Crippen LogP contribution in [0.25, 0.3) is 11.4 Å². The number of hydrogen-bond acceptors (Lipinski definition) is 5. The predicted octanol–water partition coefficient (Wildman–Crippen LogP) is 1.99. The number of nitrogen functional groups attached to an aromatic ring is 1. The molecule has 1 amide bonds. The number of ether oxygens (including phenoxy) is 1. The lowest BCUT2D eigenvalue weighted by Gasteiger charge is -2.03. The molecule has 0 spiro atoms. The Labute approximate surface area is 138 Å². The van der Waals surface area contributed by atoms with Gasteiger partial charge in [0.05, 0.1) is 13.7 Å². The van der Waals surface area contributed by atoms with E-state index in [1.54, 1.807) is 31.4 Å². The number of nitrogens with zero attached hydrogens (tertiary/aromatic N) is 2. The van der Waals surface area contributed by atoms with E-state index in [0.29, 0.717) is 22.9 Å². The van der Waals surface area contributed by atoms with E-state index < -0.39 is 0 Å². The molecule has 0 bridgehead atoms. The molecule has 0 aliphatic carbocycles. The van der Waals surface area contributed by atoms with Crippen LogP contribution in [-0.4, -0.2) is 28.2 Å². The van der Waals surface area contributed by atoms with Gasteiger partial charge in [0.2, 0.25) is 0 Å². The highest BCUT2D eigenvalue weighted by Crippen LogP contribution is 2.20. The highest BCUT2D eigenvalue weighted by molar-refractivity contribution is 5.94. The molecule has 1 aromatic heterocycles. The molecule has 122 valence electrons. The van der Waals surface area contributed by atoms with Crippen molar-refractivity contribution in [2.75, 3.05) is 12.8 Å². The second-order valence-corrected chi connectivity index (χ2v) is 5.14. The van der Waals surface area contributed by atoms with Crippen molar-refractivity contribution < 1.29 is 9.53 Å². The van der Waals surface area contributed by atoms with Crippen LogP contribution in [0.3, 0.4) is 0 Å². The number of nitrogens with two attached hydrogens (primary N) is 1. The summed E-state index contributed by atoms with van der Waals surface area (Å²) < 4.78 is 5.19. The molecule has 3 rings (SSSR count). The van der Waals surface area contributed by atoms with Gasteiger partial charge in [0.1, 0.15) is 11.6 Å². The lowest BCUT2D eigenvalue weighted by molar-refractivity contribution is 0.0950. The second kappa shape index (κ2) is 6.82. The van der Waals surface area contributed by atoms with Gasteiger partial charge in [-0.05, 0) is 36.4 Å². The molecule has 0 fully saturated rings. The van der Waals surface area contributed by atoms with Crippen molar-refractivity contribution in [1.82, 2.24) is 20.5 Å². The summed E-state index contributed by atoms with van der Waals surface area (Å²) in [7, 11) is 1.61. The molecule has 0 aliphatic heterocycles. The molecule has 24 heavy (non-hydrogen) atoms. The number of hydrogen-bond donors (Lipinski definition) is 3. The van der Waals surface area contributed by atoms with Crippen LogP contribution >= 0.6 is 0 Å². The van der Waals surface area contributed by atoms with Crippen LogP contribution in [0.5, 0.6) is 5.75 Å². The van der Waals surface area contributed by atoms with E-state index >= 15 is 0 Å². The summed E-state index contributed by atoms with van der Waals surface area (Å²) >= 11 is 0. The number of aromatic nitrogens is 3. The number of methoxy groups -OCH3 is 1. The Morgan fingerprint density at radius 2 is 2.04 bits per heavy atom. The Kier molecular flexibility index (Phi) is 4.42. The highest BCUT2D eigenvalue weighted by Gasteiger charge is 2.09. The summed E-state index contributed by atoms with van der Waals surface area (Å²) in [4.78, 5) is 16.4. The smallest absolute Gasteiger partial charge is 0.251 e. The van der Waals surface area contributed by atoms with E-state index in [-0.39, 0.29) is 12.5 Å². The molecule has 0 aliphatic rings. The standard InChI is InChI=1S/C17H17N5O2/c1-24-14-4-2-3-12(9-14)16-20-15(21-22-16)10-19-17(23)11-5-7-13(18)8-6-11/h2-9H,10,18H2,1H3,(H,19,23)(H,20,21,22). The van der Waals surface area contributed by atoms with Gasteiger partial charge in [-0.15, -0.1) is 0 Å². The van der Waals surface area contributed by atoms with Crippen LogP contribution in [0.4, 0.5) is 5.69 Å². The second-order valence-electron chi connectivity index (χ2n) is 5.14. The number of anilines is 1. The fourth-order valence-corrected chi connectivity index (χ4v) is 2.17. The molecule has 0 unspecified atom stereocenters. The first kappa shape index (κ1) is 15.5. The molecule has 4 N–H and O–H groups in total. The van der Waals surface area contributed by atoms with E-state index in [4.69, 9.17) is 10.5 Å². The maximum absolute atomic E-state index is 12.1. The fraction of sp³-hybridized carbons (Fsp3) is 0.118. The van der Waals surface area contributed by atoms with E-state index in [2.05, 4.69) is 20.5 Å². The van der Waals surface area contributed by atoms with Crippen molar-refractivity contribution in [3.8, 4) is 17.1 Å². The van der Waals surface area contributed by atoms with E-state index in [0.717, 1.165) is 11.3 Å². The van der Waals surface area contributed by atoms with Gasteiger partial charge in [0.25, 0.3) is 5.91 Å². The third kappa shape index (κ3) is 3.52. The number of aromatic amines is 1. The first-order valence-corrected chi connectivity index (χ1v) is 7.35. The minimum absolute atomic E-state index is 0.200. The quantitative estimate of drug-likeness (QED) is 0.623. The monoisotopic (exact) mass is 323 g/mol. The van der Waals surface area contributed by atoms with Crippen LogP contribution in [0, 0.1) is 0 Å². The first-order chi connectivity index (χ1) is 11.7. The van der Waals surface area contributed by atoms with Gasteiger partial charge < -0.3 is 15.8 Å². The minimum Gasteiger partial charge on any atom is -0.497 e. The largest absolute Gasteiger partial charge is 0.497 e. The summed E-state index contributed by atoms with van der Waals surface area (Å²) in [5.74, 6) is 1.65. The van der Waals surface area contributed by atoms with Crippen molar-refractivity contribution >= 4 is 11.6 Å². The van der Waals surface area contributed by atoms with Gasteiger partial charge in [-0.2, -0.15) is 5.10 Å². The zero-order valence-electron chi connectivity index (χ0n) is 13.1. The minimum atomic E-state index is -0.200. The summed E-state index contributed by atoms with van der Waals surface area (Å²) in [5.41, 5.74) is 7.60. The van der Waals surface area contributed by atoms with Crippen LogP contribution in [-0.2, 0) is 6.54 Å². The fourth-order valence-electron chi connectivity index (χ4n) is 2.17. The number of benzene rings is 2. The van der Waals surface area contributed by atoms with Gasteiger partial charge in [-0.25, -0.2) is 4.98 Å². The Hall–Kier alpha value is -3.35. The summed E-state index contributed by atoms with van der Waals surface area (Å²) in [5, 5.41) is 9.77. The molecule has 3 aromatic rings. The molecule has 1 heterocycles. The zero-order valence-corrected chi connectivity index (χ0v) is 13.1. The third-order valence-electron chi connectivity index (χ3n) is 3.45. The van der Waals surface area contributed by atoms with Crippen molar-refractivity contribution in [2.24, 2.45) is 0 Å².